The highest BCUT2D eigenvalue weighted by atomic mass is 32.1. The van der Waals surface area contributed by atoms with Gasteiger partial charge in [0.25, 0.3) is 0 Å². The van der Waals surface area contributed by atoms with Crippen molar-refractivity contribution in [3.63, 3.8) is 0 Å². The fourth-order valence-electron chi connectivity index (χ4n) is 1.04. The molecule has 0 unspecified atom stereocenters. The third kappa shape index (κ3) is 0.952. The summed E-state index contributed by atoms with van der Waals surface area (Å²) in [7, 11) is 0. The van der Waals surface area contributed by atoms with Gasteiger partial charge in [-0.1, -0.05) is 12.2 Å². The number of pyridine rings is 1. The molecular formula is C7H7N3S. The molecule has 11 heavy (non-hydrogen) atoms. The lowest BCUT2D eigenvalue weighted by Crippen LogP contribution is -1.85. The Morgan fingerprint density at radius 2 is 2.45 bits per heavy atom. The zero-order chi connectivity index (χ0) is 7.84. The fourth-order valence-corrected chi connectivity index (χ4v) is 1.21. The van der Waals surface area contributed by atoms with Gasteiger partial charge in [0, 0.05) is 10.7 Å². The van der Waals surface area contributed by atoms with Crippen molar-refractivity contribution in [1.82, 2.24) is 14.6 Å². The van der Waals surface area contributed by atoms with Crippen molar-refractivity contribution in [1.29, 1.82) is 0 Å². The van der Waals surface area contributed by atoms with Gasteiger partial charge in [-0.2, -0.15) is 5.10 Å². The van der Waals surface area contributed by atoms with Crippen molar-refractivity contribution in [3.8, 4) is 0 Å². The Balaban J connectivity index is 2.96. The molecule has 0 bridgehead atoms. The van der Waals surface area contributed by atoms with Crippen LogP contribution in [0, 0.1) is 11.4 Å². The number of rotatable bonds is 0. The van der Waals surface area contributed by atoms with Crippen molar-refractivity contribution >= 4 is 17.9 Å². The molecule has 0 amide bonds. The molecule has 0 atom stereocenters. The Morgan fingerprint density at radius 1 is 1.64 bits per heavy atom. The first-order valence-electron chi connectivity index (χ1n) is 3.31. The predicted molar refractivity (Wildman–Crippen MR) is 45.1 cm³/mol. The van der Waals surface area contributed by atoms with E-state index in [-0.39, 0.29) is 0 Å². The van der Waals surface area contributed by atoms with Crippen molar-refractivity contribution in [3.05, 3.63) is 28.7 Å². The Labute approximate surface area is 68.7 Å². The molecule has 0 saturated heterocycles. The molecule has 56 valence electrons. The second-order valence-corrected chi connectivity index (χ2v) is 2.86. The average Bonchev–Trinajstić information content (AvgIpc) is 2.32. The van der Waals surface area contributed by atoms with Gasteiger partial charge in [-0.3, -0.25) is 9.50 Å². The van der Waals surface area contributed by atoms with E-state index in [1.54, 1.807) is 0 Å². The molecule has 1 N–H and O–H groups in total. The molecule has 0 aliphatic heterocycles. The van der Waals surface area contributed by atoms with Crippen molar-refractivity contribution in [2.75, 3.05) is 0 Å². The highest BCUT2D eigenvalue weighted by Crippen LogP contribution is 2.02. The topological polar surface area (TPSA) is 33.1 Å². The maximum atomic E-state index is 4.99. The van der Waals surface area contributed by atoms with E-state index in [1.807, 2.05) is 29.7 Å². The number of nitrogens with one attached hydrogen (secondary N) is 1. The van der Waals surface area contributed by atoms with E-state index in [1.165, 1.54) is 0 Å². The van der Waals surface area contributed by atoms with Crippen molar-refractivity contribution in [2.24, 2.45) is 0 Å². The van der Waals surface area contributed by atoms with Crippen LogP contribution in [0.2, 0.25) is 0 Å². The highest BCUT2D eigenvalue weighted by molar-refractivity contribution is 7.71. The lowest BCUT2D eigenvalue weighted by molar-refractivity contribution is 1.01. The van der Waals surface area contributed by atoms with Crippen LogP contribution in [0.25, 0.3) is 5.65 Å². The summed E-state index contributed by atoms with van der Waals surface area (Å²) in [5.74, 6) is 0.940. The molecule has 3 nitrogen and oxygen atoms in total. The zero-order valence-corrected chi connectivity index (χ0v) is 6.85. The Morgan fingerprint density at radius 3 is 3.27 bits per heavy atom. The molecule has 2 aromatic rings. The monoisotopic (exact) mass is 165 g/mol. The molecule has 0 saturated carbocycles. The summed E-state index contributed by atoms with van der Waals surface area (Å²) in [6.45, 7) is 1.94. The van der Waals surface area contributed by atoms with Gasteiger partial charge in [0.1, 0.15) is 11.5 Å². The number of nitrogens with zero attached hydrogens (tertiary/aromatic N) is 2. The lowest BCUT2D eigenvalue weighted by atomic mass is 10.5. The summed E-state index contributed by atoms with van der Waals surface area (Å²) >= 11 is 4.99. The van der Waals surface area contributed by atoms with Crippen LogP contribution >= 0.6 is 12.2 Å². The minimum Gasteiger partial charge on any atom is -0.289 e. The van der Waals surface area contributed by atoms with E-state index in [2.05, 4.69) is 10.2 Å². The van der Waals surface area contributed by atoms with Crippen LogP contribution in [0.5, 0.6) is 0 Å². The second kappa shape index (κ2) is 2.17. The molecule has 0 radical (unpaired) electrons. The molecule has 2 aromatic heterocycles. The summed E-state index contributed by atoms with van der Waals surface area (Å²) in [5, 5.41) is 6.90. The third-order valence-electron chi connectivity index (χ3n) is 1.61. The molecular weight excluding hydrogens is 158 g/mol. The average molecular weight is 165 g/mol. The number of hydrogen-bond acceptors (Lipinski definition) is 2. The summed E-state index contributed by atoms with van der Waals surface area (Å²) in [4.78, 5) is 0. The number of aromatic nitrogens is 3. The van der Waals surface area contributed by atoms with Gasteiger partial charge < -0.3 is 0 Å². The van der Waals surface area contributed by atoms with E-state index < -0.39 is 0 Å². The number of aryl methyl sites for hydroxylation is 1. The minimum absolute atomic E-state index is 0.827. The van der Waals surface area contributed by atoms with Crippen LogP contribution in [0.3, 0.4) is 0 Å². The van der Waals surface area contributed by atoms with Crippen molar-refractivity contribution < 1.29 is 0 Å². The van der Waals surface area contributed by atoms with Crippen LogP contribution in [0.15, 0.2) is 18.3 Å². The number of fused-ring (bicyclic) bond motifs is 1. The molecule has 0 aromatic carbocycles. The van der Waals surface area contributed by atoms with Gasteiger partial charge in [0.05, 0.1) is 0 Å². The second-order valence-electron chi connectivity index (χ2n) is 2.39. The smallest absolute Gasteiger partial charge is 0.133 e. The molecule has 0 aliphatic rings. The Hall–Kier alpha value is -1.16. The van der Waals surface area contributed by atoms with E-state index in [0.29, 0.717) is 0 Å². The van der Waals surface area contributed by atoms with Crippen LogP contribution in [0.1, 0.15) is 5.82 Å². The van der Waals surface area contributed by atoms with Crippen LogP contribution in [0.4, 0.5) is 0 Å². The van der Waals surface area contributed by atoms with Gasteiger partial charge in [-0.15, -0.1) is 0 Å². The lowest BCUT2D eigenvalue weighted by Gasteiger charge is -1.90. The summed E-state index contributed by atoms with van der Waals surface area (Å²) in [6.07, 6.45) is 1.91. The van der Waals surface area contributed by atoms with E-state index >= 15 is 0 Å². The first-order chi connectivity index (χ1) is 5.27. The molecule has 0 spiro atoms. The standard InChI is InChI=1S/C7H7N3S/c1-5-8-9-7-4-6(11)2-3-10(5)7/h2-4,9H,1H3. The van der Waals surface area contributed by atoms with Crippen LogP contribution in [-0.4, -0.2) is 14.6 Å². The normalized spacial score (nSPS) is 10.6. The quantitative estimate of drug-likeness (QED) is 0.603. The Kier molecular flexibility index (Phi) is 1.29. The minimum atomic E-state index is 0.827. The van der Waals surface area contributed by atoms with Crippen LogP contribution in [-0.2, 0) is 0 Å². The fraction of sp³-hybridized carbons (Fsp3) is 0.143. The molecule has 2 rings (SSSR count). The molecule has 0 fully saturated rings. The maximum Gasteiger partial charge on any atom is 0.133 e. The largest absolute Gasteiger partial charge is 0.289 e. The van der Waals surface area contributed by atoms with Gasteiger partial charge in [0.15, 0.2) is 0 Å². The number of hydrogen-bond donors (Lipinski definition) is 1. The van der Waals surface area contributed by atoms with Gasteiger partial charge in [0.2, 0.25) is 0 Å². The highest BCUT2D eigenvalue weighted by Gasteiger charge is 1.95. The molecule has 4 heteroatoms. The summed E-state index contributed by atoms with van der Waals surface area (Å²) in [5.41, 5.74) is 0.940. The van der Waals surface area contributed by atoms with E-state index in [4.69, 9.17) is 12.2 Å². The molecule has 2 heterocycles. The first-order valence-corrected chi connectivity index (χ1v) is 3.71. The van der Waals surface area contributed by atoms with Crippen molar-refractivity contribution in [2.45, 2.75) is 6.92 Å². The third-order valence-corrected chi connectivity index (χ3v) is 1.86. The summed E-state index contributed by atoms with van der Waals surface area (Å²) in [6, 6.07) is 3.76. The summed E-state index contributed by atoms with van der Waals surface area (Å²) < 4.78 is 2.78. The molecule has 0 aliphatic carbocycles. The van der Waals surface area contributed by atoms with Gasteiger partial charge >= 0.3 is 0 Å². The van der Waals surface area contributed by atoms with Crippen LogP contribution < -0.4 is 0 Å². The van der Waals surface area contributed by atoms with E-state index in [9.17, 15) is 0 Å². The van der Waals surface area contributed by atoms with E-state index in [0.717, 1.165) is 16.0 Å². The Bertz CT molecular complexity index is 440. The maximum absolute atomic E-state index is 4.99. The zero-order valence-electron chi connectivity index (χ0n) is 6.03. The van der Waals surface area contributed by atoms with Gasteiger partial charge in [-0.25, -0.2) is 0 Å². The SMILES string of the molecule is Cc1n[nH]c2cc(=S)ccn12. The van der Waals surface area contributed by atoms with Gasteiger partial charge in [-0.05, 0) is 19.1 Å². The number of H-pyrrole nitrogens is 1. The first kappa shape index (κ1) is 6.54. The predicted octanol–water partition coefficient (Wildman–Crippen LogP) is 1.70. The number of aromatic amines is 1.